The molecular formula is C17H25NO3S2. The Kier molecular flexibility index (Phi) is 4.07. The van der Waals surface area contributed by atoms with Crippen LogP contribution in [0.15, 0.2) is 11.4 Å². The van der Waals surface area contributed by atoms with Gasteiger partial charge in [-0.1, -0.05) is 0 Å². The van der Waals surface area contributed by atoms with Crippen molar-refractivity contribution in [1.29, 1.82) is 0 Å². The van der Waals surface area contributed by atoms with Gasteiger partial charge in [-0.05, 0) is 49.1 Å². The number of likely N-dealkylation sites (tertiary alicyclic amines) is 1. The van der Waals surface area contributed by atoms with Crippen LogP contribution in [-0.4, -0.2) is 50.1 Å². The quantitative estimate of drug-likeness (QED) is 0.786. The second-order valence-corrected chi connectivity index (χ2v) is 11.0. The van der Waals surface area contributed by atoms with Crippen LogP contribution in [0.1, 0.15) is 29.7 Å². The molecule has 2 saturated heterocycles. The molecule has 0 N–H and O–H groups in total. The lowest BCUT2D eigenvalue weighted by Gasteiger charge is -2.50. The van der Waals surface area contributed by atoms with Gasteiger partial charge in [0.2, 0.25) is 0 Å². The molecule has 1 atom stereocenters. The van der Waals surface area contributed by atoms with Crippen LogP contribution in [-0.2, 0) is 21.1 Å². The highest BCUT2D eigenvalue weighted by Gasteiger charge is 2.61. The zero-order valence-electron chi connectivity index (χ0n) is 13.7. The van der Waals surface area contributed by atoms with E-state index in [0.717, 1.165) is 25.5 Å². The van der Waals surface area contributed by atoms with Crippen LogP contribution in [0, 0.1) is 18.8 Å². The maximum absolute atomic E-state index is 12.6. The van der Waals surface area contributed by atoms with Crippen molar-refractivity contribution >= 4 is 21.2 Å². The standard InChI is InChI=1S/C17H25NO3S2/c1-13-4-6-22-16(13)8-18-11-17(12-18)15(5-7-23(17,19)20)10-21-9-14-2-3-14/h4,6,14-15H,2-3,5,7-12H2,1H3. The monoisotopic (exact) mass is 355 g/mol. The van der Waals surface area contributed by atoms with Gasteiger partial charge >= 0.3 is 0 Å². The van der Waals surface area contributed by atoms with E-state index in [1.165, 1.54) is 23.3 Å². The van der Waals surface area contributed by atoms with Gasteiger partial charge in [-0.15, -0.1) is 11.3 Å². The first-order valence-electron chi connectivity index (χ1n) is 8.55. The summed E-state index contributed by atoms with van der Waals surface area (Å²) >= 11 is 1.77. The van der Waals surface area contributed by atoms with Gasteiger partial charge in [0, 0.05) is 37.0 Å². The Morgan fingerprint density at radius 1 is 1.30 bits per heavy atom. The van der Waals surface area contributed by atoms with Crippen LogP contribution in [0.2, 0.25) is 0 Å². The second-order valence-electron chi connectivity index (χ2n) is 7.52. The maximum Gasteiger partial charge on any atom is 0.158 e. The molecule has 1 saturated carbocycles. The number of hydrogen-bond acceptors (Lipinski definition) is 5. The molecule has 0 aromatic carbocycles. The largest absolute Gasteiger partial charge is 0.381 e. The van der Waals surface area contributed by atoms with E-state index < -0.39 is 14.6 Å². The minimum absolute atomic E-state index is 0.187. The van der Waals surface area contributed by atoms with Crippen molar-refractivity contribution in [3.05, 3.63) is 21.9 Å². The fraction of sp³-hybridized carbons (Fsp3) is 0.765. The van der Waals surface area contributed by atoms with Crippen LogP contribution in [0.25, 0.3) is 0 Å². The molecule has 6 heteroatoms. The van der Waals surface area contributed by atoms with Gasteiger partial charge < -0.3 is 4.74 Å². The minimum atomic E-state index is -2.97. The normalized spacial score (nSPS) is 29.0. The van der Waals surface area contributed by atoms with Gasteiger partial charge in [0.15, 0.2) is 9.84 Å². The van der Waals surface area contributed by atoms with Crippen molar-refractivity contribution in [1.82, 2.24) is 4.90 Å². The van der Waals surface area contributed by atoms with Gasteiger partial charge in [0.25, 0.3) is 0 Å². The highest BCUT2D eigenvalue weighted by Crippen LogP contribution is 2.45. The average Bonchev–Trinajstić information content (AvgIpc) is 3.14. The summed E-state index contributed by atoms with van der Waals surface area (Å²) in [7, 11) is -2.97. The van der Waals surface area contributed by atoms with Crippen LogP contribution in [0.4, 0.5) is 0 Å². The summed E-state index contributed by atoms with van der Waals surface area (Å²) in [5, 5.41) is 2.11. The van der Waals surface area contributed by atoms with Crippen LogP contribution in [0.5, 0.6) is 0 Å². The molecule has 3 fully saturated rings. The van der Waals surface area contributed by atoms with Gasteiger partial charge in [0.1, 0.15) is 4.75 Å². The fourth-order valence-electron chi connectivity index (χ4n) is 3.96. The molecule has 1 aliphatic carbocycles. The van der Waals surface area contributed by atoms with E-state index in [0.29, 0.717) is 25.4 Å². The highest BCUT2D eigenvalue weighted by molar-refractivity contribution is 7.93. The molecule has 3 heterocycles. The van der Waals surface area contributed by atoms with E-state index in [4.69, 9.17) is 4.74 Å². The zero-order chi connectivity index (χ0) is 16.1. The van der Waals surface area contributed by atoms with Gasteiger partial charge in [-0.3, -0.25) is 4.90 Å². The lowest BCUT2D eigenvalue weighted by atomic mass is 9.83. The number of rotatable bonds is 6. The molecule has 2 aliphatic heterocycles. The van der Waals surface area contributed by atoms with E-state index >= 15 is 0 Å². The molecule has 23 heavy (non-hydrogen) atoms. The summed E-state index contributed by atoms with van der Waals surface area (Å²) in [6.45, 7) is 5.83. The highest BCUT2D eigenvalue weighted by atomic mass is 32.2. The van der Waals surface area contributed by atoms with Crippen LogP contribution < -0.4 is 0 Å². The predicted molar refractivity (Wildman–Crippen MR) is 92.5 cm³/mol. The van der Waals surface area contributed by atoms with E-state index in [-0.39, 0.29) is 5.92 Å². The number of nitrogens with zero attached hydrogens (tertiary/aromatic N) is 1. The summed E-state index contributed by atoms with van der Waals surface area (Å²) in [6.07, 6.45) is 3.34. The lowest BCUT2D eigenvalue weighted by molar-refractivity contribution is 0.0230. The first-order valence-corrected chi connectivity index (χ1v) is 11.1. The average molecular weight is 356 g/mol. The fourth-order valence-corrected chi connectivity index (χ4v) is 7.36. The summed E-state index contributed by atoms with van der Waals surface area (Å²) in [6, 6.07) is 2.14. The minimum Gasteiger partial charge on any atom is -0.381 e. The summed E-state index contributed by atoms with van der Waals surface area (Å²) in [5.74, 6) is 1.27. The van der Waals surface area contributed by atoms with Gasteiger partial charge in [-0.25, -0.2) is 8.42 Å². The summed E-state index contributed by atoms with van der Waals surface area (Å²) < 4.78 is 30.6. The Bertz CT molecular complexity index is 672. The van der Waals surface area contributed by atoms with Crippen molar-refractivity contribution in [2.75, 3.05) is 32.1 Å². The number of aryl methyl sites for hydroxylation is 1. The first kappa shape index (κ1) is 16.1. The Hall–Kier alpha value is -0.430. The maximum atomic E-state index is 12.6. The number of hydrogen-bond donors (Lipinski definition) is 0. The molecule has 1 aromatic heterocycles. The van der Waals surface area contributed by atoms with E-state index in [9.17, 15) is 8.42 Å². The Morgan fingerprint density at radius 2 is 2.09 bits per heavy atom. The van der Waals surface area contributed by atoms with Crippen LogP contribution in [0.3, 0.4) is 0 Å². The molecule has 1 aromatic rings. The first-order chi connectivity index (χ1) is 11.0. The van der Waals surface area contributed by atoms with Crippen molar-refractivity contribution in [2.45, 2.75) is 37.5 Å². The third-order valence-corrected chi connectivity index (χ3v) is 9.40. The number of sulfone groups is 1. The van der Waals surface area contributed by atoms with E-state index in [1.807, 2.05) is 0 Å². The van der Waals surface area contributed by atoms with Crippen molar-refractivity contribution < 1.29 is 13.2 Å². The van der Waals surface area contributed by atoms with Crippen LogP contribution >= 0.6 is 11.3 Å². The third-order valence-electron chi connectivity index (χ3n) is 5.79. The Balaban J connectivity index is 1.39. The second kappa shape index (κ2) is 5.83. The molecule has 3 aliphatic rings. The molecule has 1 spiro atoms. The molecule has 0 radical (unpaired) electrons. The smallest absolute Gasteiger partial charge is 0.158 e. The SMILES string of the molecule is Cc1ccsc1CN1CC2(C1)C(COCC1CC1)CCS2(=O)=O. The summed E-state index contributed by atoms with van der Waals surface area (Å²) in [5.41, 5.74) is 1.31. The van der Waals surface area contributed by atoms with Crippen molar-refractivity contribution in [3.63, 3.8) is 0 Å². The van der Waals surface area contributed by atoms with Crippen molar-refractivity contribution in [2.24, 2.45) is 11.8 Å². The topological polar surface area (TPSA) is 46.6 Å². The van der Waals surface area contributed by atoms with E-state index in [1.54, 1.807) is 11.3 Å². The zero-order valence-corrected chi connectivity index (χ0v) is 15.3. The Labute approximate surface area is 142 Å². The molecule has 4 nitrogen and oxygen atoms in total. The van der Waals surface area contributed by atoms with Crippen molar-refractivity contribution in [3.8, 4) is 0 Å². The summed E-state index contributed by atoms with van der Waals surface area (Å²) in [4.78, 5) is 3.65. The number of ether oxygens (including phenoxy) is 1. The van der Waals surface area contributed by atoms with Gasteiger partial charge in [-0.2, -0.15) is 0 Å². The molecular weight excluding hydrogens is 330 g/mol. The molecule has 128 valence electrons. The van der Waals surface area contributed by atoms with Gasteiger partial charge in [0.05, 0.1) is 12.4 Å². The Morgan fingerprint density at radius 3 is 2.74 bits per heavy atom. The molecule has 4 rings (SSSR count). The molecule has 0 amide bonds. The third kappa shape index (κ3) is 2.88. The lowest BCUT2D eigenvalue weighted by Crippen LogP contribution is -2.67. The molecule has 1 unspecified atom stereocenters. The molecule has 0 bridgehead atoms. The predicted octanol–water partition coefficient (Wildman–Crippen LogP) is 2.47. The number of thiophene rings is 1. The van der Waals surface area contributed by atoms with E-state index in [2.05, 4.69) is 23.3 Å².